The number of nitrogens with one attached hydrogen (secondary N) is 1. The zero-order valence-electron chi connectivity index (χ0n) is 9.89. The molecule has 1 fully saturated rings. The Morgan fingerprint density at radius 1 is 1.29 bits per heavy atom. The van der Waals surface area contributed by atoms with Crippen LogP contribution in [0.15, 0.2) is 29.2 Å². The van der Waals surface area contributed by atoms with Gasteiger partial charge in [0.1, 0.15) is 0 Å². The van der Waals surface area contributed by atoms with Crippen LogP contribution in [-0.4, -0.2) is 33.8 Å². The molecule has 3 N–H and O–H groups in total. The van der Waals surface area contributed by atoms with Crippen molar-refractivity contribution in [1.82, 2.24) is 5.32 Å². The minimum absolute atomic E-state index is 0.104. The summed E-state index contributed by atoms with van der Waals surface area (Å²) in [7, 11) is -3.11. The number of hydrogen-bond acceptors (Lipinski definition) is 4. The van der Waals surface area contributed by atoms with Gasteiger partial charge in [-0.2, -0.15) is 0 Å². The molecular weight excluding hydrogens is 236 g/mol. The van der Waals surface area contributed by atoms with E-state index in [1.807, 2.05) is 12.1 Å². The van der Waals surface area contributed by atoms with Crippen molar-refractivity contribution in [2.24, 2.45) is 5.73 Å². The molecule has 0 bridgehead atoms. The molecule has 0 aliphatic carbocycles. The number of rotatable bonds is 2. The molecular formula is C12H18N2O2S. The van der Waals surface area contributed by atoms with Gasteiger partial charge in [-0.1, -0.05) is 12.1 Å². The van der Waals surface area contributed by atoms with Crippen molar-refractivity contribution in [3.8, 4) is 0 Å². The molecule has 1 aromatic carbocycles. The second kappa shape index (κ2) is 4.76. The van der Waals surface area contributed by atoms with Crippen molar-refractivity contribution in [3.63, 3.8) is 0 Å². The van der Waals surface area contributed by atoms with Crippen LogP contribution in [0.5, 0.6) is 0 Å². The topological polar surface area (TPSA) is 72.2 Å². The number of benzene rings is 1. The lowest BCUT2D eigenvalue weighted by molar-refractivity contribution is 0.403. The van der Waals surface area contributed by atoms with E-state index in [4.69, 9.17) is 5.73 Å². The highest BCUT2D eigenvalue weighted by molar-refractivity contribution is 7.90. The predicted octanol–water partition coefficient (Wildman–Crippen LogP) is 0.494. The number of hydrogen-bond donors (Lipinski definition) is 2. The van der Waals surface area contributed by atoms with Crippen LogP contribution in [-0.2, 0) is 9.84 Å². The third-order valence-electron chi connectivity index (χ3n) is 3.27. The number of sulfone groups is 1. The summed E-state index contributed by atoms with van der Waals surface area (Å²) < 4.78 is 22.7. The lowest BCUT2D eigenvalue weighted by Gasteiger charge is -2.29. The summed E-state index contributed by atoms with van der Waals surface area (Å²) in [6.45, 7) is 1.78. The summed E-state index contributed by atoms with van der Waals surface area (Å²) in [5.41, 5.74) is 7.19. The molecule has 1 aliphatic rings. The lowest BCUT2D eigenvalue weighted by atomic mass is 9.87. The highest BCUT2D eigenvalue weighted by Gasteiger charge is 2.23. The Balaban J connectivity index is 2.23. The van der Waals surface area contributed by atoms with Gasteiger partial charge in [0.25, 0.3) is 0 Å². The van der Waals surface area contributed by atoms with Gasteiger partial charge in [0.15, 0.2) is 9.84 Å². The molecule has 0 spiro atoms. The van der Waals surface area contributed by atoms with Crippen molar-refractivity contribution in [3.05, 3.63) is 29.8 Å². The Morgan fingerprint density at radius 2 is 1.94 bits per heavy atom. The van der Waals surface area contributed by atoms with Crippen LogP contribution in [0.1, 0.15) is 17.9 Å². The van der Waals surface area contributed by atoms with Crippen LogP contribution in [0, 0.1) is 0 Å². The van der Waals surface area contributed by atoms with Gasteiger partial charge in [0.05, 0.1) is 4.90 Å². The second-order valence-electron chi connectivity index (χ2n) is 4.60. The van der Waals surface area contributed by atoms with E-state index >= 15 is 0 Å². The Morgan fingerprint density at radius 3 is 2.47 bits per heavy atom. The smallest absolute Gasteiger partial charge is 0.175 e. The van der Waals surface area contributed by atoms with Gasteiger partial charge in [0, 0.05) is 24.8 Å². The zero-order valence-corrected chi connectivity index (χ0v) is 10.7. The molecule has 1 aromatic rings. The molecule has 0 radical (unpaired) electrons. The largest absolute Gasteiger partial charge is 0.326 e. The van der Waals surface area contributed by atoms with Crippen molar-refractivity contribution in [2.75, 3.05) is 19.3 Å². The molecule has 2 atom stereocenters. The fourth-order valence-electron chi connectivity index (χ4n) is 2.26. The summed E-state index contributed by atoms with van der Waals surface area (Å²) >= 11 is 0. The van der Waals surface area contributed by atoms with Crippen LogP contribution in [0.3, 0.4) is 0 Å². The van der Waals surface area contributed by atoms with Gasteiger partial charge >= 0.3 is 0 Å². The maximum absolute atomic E-state index is 11.4. The first-order chi connectivity index (χ1) is 7.98. The summed E-state index contributed by atoms with van der Waals surface area (Å²) in [4.78, 5) is 0.365. The van der Waals surface area contributed by atoms with Gasteiger partial charge in [-0.3, -0.25) is 0 Å². The standard InChI is InChI=1S/C12H18N2O2S/c1-17(15,16)10-4-2-9(3-5-10)11-6-7-14-8-12(11)13/h2-5,11-12,14H,6-8,13H2,1H3. The van der Waals surface area contributed by atoms with E-state index in [2.05, 4.69) is 5.32 Å². The molecule has 1 aliphatic heterocycles. The fourth-order valence-corrected chi connectivity index (χ4v) is 2.89. The van der Waals surface area contributed by atoms with E-state index in [9.17, 15) is 8.42 Å². The minimum atomic E-state index is -3.11. The molecule has 1 heterocycles. The van der Waals surface area contributed by atoms with E-state index in [0.29, 0.717) is 10.8 Å². The summed E-state index contributed by atoms with van der Waals surface area (Å²) in [5, 5.41) is 3.25. The zero-order chi connectivity index (χ0) is 12.5. The average Bonchev–Trinajstić information content (AvgIpc) is 2.29. The van der Waals surface area contributed by atoms with Gasteiger partial charge in [-0.15, -0.1) is 0 Å². The Kier molecular flexibility index (Phi) is 3.51. The van der Waals surface area contributed by atoms with E-state index < -0.39 is 9.84 Å². The first-order valence-electron chi connectivity index (χ1n) is 5.75. The molecule has 17 heavy (non-hydrogen) atoms. The number of piperidine rings is 1. The molecule has 2 unspecified atom stereocenters. The maximum Gasteiger partial charge on any atom is 0.175 e. The van der Waals surface area contributed by atoms with E-state index in [1.165, 1.54) is 6.26 Å². The van der Waals surface area contributed by atoms with Crippen molar-refractivity contribution in [2.45, 2.75) is 23.3 Å². The van der Waals surface area contributed by atoms with Crippen LogP contribution >= 0.6 is 0 Å². The van der Waals surface area contributed by atoms with E-state index in [1.54, 1.807) is 12.1 Å². The monoisotopic (exact) mass is 254 g/mol. The third-order valence-corrected chi connectivity index (χ3v) is 4.39. The van der Waals surface area contributed by atoms with Gasteiger partial charge < -0.3 is 11.1 Å². The Bertz CT molecular complexity index is 482. The molecule has 1 saturated heterocycles. The van der Waals surface area contributed by atoms with Gasteiger partial charge in [0.2, 0.25) is 0 Å². The quantitative estimate of drug-likeness (QED) is 0.806. The van der Waals surface area contributed by atoms with E-state index in [-0.39, 0.29) is 6.04 Å². The van der Waals surface area contributed by atoms with Crippen LogP contribution in [0.25, 0.3) is 0 Å². The third kappa shape index (κ3) is 2.86. The Hall–Kier alpha value is -0.910. The maximum atomic E-state index is 11.4. The molecule has 4 nitrogen and oxygen atoms in total. The summed E-state index contributed by atoms with van der Waals surface area (Å²) in [5.74, 6) is 0.324. The highest BCUT2D eigenvalue weighted by atomic mass is 32.2. The van der Waals surface area contributed by atoms with Crippen LogP contribution in [0.4, 0.5) is 0 Å². The SMILES string of the molecule is CS(=O)(=O)c1ccc(C2CCNCC2N)cc1. The molecule has 0 aromatic heterocycles. The van der Waals surface area contributed by atoms with Gasteiger partial charge in [-0.05, 0) is 30.7 Å². The molecule has 94 valence electrons. The predicted molar refractivity (Wildman–Crippen MR) is 67.8 cm³/mol. The molecule has 0 saturated carbocycles. The number of nitrogens with two attached hydrogens (primary N) is 1. The second-order valence-corrected chi connectivity index (χ2v) is 6.62. The first kappa shape index (κ1) is 12.5. The lowest BCUT2D eigenvalue weighted by Crippen LogP contribution is -2.44. The van der Waals surface area contributed by atoms with Crippen LogP contribution in [0.2, 0.25) is 0 Å². The molecule has 0 amide bonds. The van der Waals surface area contributed by atoms with Crippen molar-refractivity contribution in [1.29, 1.82) is 0 Å². The first-order valence-corrected chi connectivity index (χ1v) is 7.64. The normalized spacial score (nSPS) is 25.8. The van der Waals surface area contributed by atoms with E-state index in [0.717, 1.165) is 25.1 Å². The molecule has 2 rings (SSSR count). The molecule has 5 heteroatoms. The van der Waals surface area contributed by atoms with Crippen molar-refractivity contribution >= 4 is 9.84 Å². The summed E-state index contributed by atoms with van der Waals surface area (Å²) in [6.07, 6.45) is 2.22. The fraction of sp³-hybridized carbons (Fsp3) is 0.500. The van der Waals surface area contributed by atoms with Crippen LogP contribution < -0.4 is 11.1 Å². The average molecular weight is 254 g/mol. The minimum Gasteiger partial charge on any atom is -0.326 e. The Labute approximate surface area is 102 Å². The van der Waals surface area contributed by atoms with Gasteiger partial charge in [-0.25, -0.2) is 8.42 Å². The highest BCUT2D eigenvalue weighted by Crippen LogP contribution is 2.25. The van der Waals surface area contributed by atoms with Crippen molar-refractivity contribution < 1.29 is 8.42 Å². The summed E-state index contributed by atoms with van der Waals surface area (Å²) in [6, 6.07) is 7.20.